The third-order valence-electron chi connectivity index (χ3n) is 2.30. The predicted octanol–water partition coefficient (Wildman–Crippen LogP) is 1.22. The van der Waals surface area contributed by atoms with E-state index in [0.717, 1.165) is 12.8 Å². The molecule has 0 saturated carbocycles. The summed E-state index contributed by atoms with van der Waals surface area (Å²) in [4.78, 5) is 0. The van der Waals surface area contributed by atoms with Gasteiger partial charge in [0, 0.05) is 12.0 Å². The molecule has 0 aliphatic rings. The van der Waals surface area contributed by atoms with E-state index in [-0.39, 0.29) is 17.8 Å². The van der Waals surface area contributed by atoms with Crippen molar-refractivity contribution < 1.29 is 13.5 Å². The standard InChI is InChI=1S/C9H20O3S/c1-4-9(8(2)10)6-5-7-13(3,11)12/h8-10H,4-7H2,1-3H3. The summed E-state index contributed by atoms with van der Waals surface area (Å²) >= 11 is 0. The monoisotopic (exact) mass is 208 g/mol. The van der Waals surface area contributed by atoms with Crippen LogP contribution in [0.5, 0.6) is 0 Å². The van der Waals surface area contributed by atoms with E-state index >= 15 is 0 Å². The number of sulfone groups is 1. The minimum Gasteiger partial charge on any atom is -0.393 e. The van der Waals surface area contributed by atoms with Crippen LogP contribution in [0.3, 0.4) is 0 Å². The van der Waals surface area contributed by atoms with Gasteiger partial charge in [0.2, 0.25) is 0 Å². The van der Waals surface area contributed by atoms with Crippen LogP contribution in [0.15, 0.2) is 0 Å². The zero-order valence-corrected chi connectivity index (χ0v) is 9.47. The third-order valence-corrected chi connectivity index (χ3v) is 3.33. The van der Waals surface area contributed by atoms with E-state index in [9.17, 15) is 13.5 Å². The topological polar surface area (TPSA) is 54.4 Å². The van der Waals surface area contributed by atoms with Crippen molar-refractivity contribution >= 4 is 9.84 Å². The van der Waals surface area contributed by atoms with Gasteiger partial charge in [0.15, 0.2) is 0 Å². The van der Waals surface area contributed by atoms with E-state index in [0.29, 0.717) is 6.42 Å². The van der Waals surface area contributed by atoms with Crippen LogP contribution < -0.4 is 0 Å². The average molecular weight is 208 g/mol. The molecule has 0 aliphatic heterocycles. The molecule has 80 valence electrons. The Bertz CT molecular complexity index is 219. The lowest BCUT2D eigenvalue weighted by Crippen LogP contribution is -2.17. The Hall–Kier alpha value is -0.0900. The molecule has 4 heteroatoms. The fourth-order valence-electron chi connectivity index (χ4n) is 1.39. The third kappa shape index (κ3) is 7.02. The van der Waals surface area contributed by atoms with Crippen molar-refractivity contribution in [3.63, 3.8) is 0 Å². The molecule has 3 nitrogen and oxygen atoms in total. The first-order valence-corrected chi connectivity index (χ1v) is 6.78. The summed E-state index contributed by atoms with van der Waals surface area (Å²) in [6.45, 7) is 3.77. The fraction of sp³-hybridized carbons (Fsp3) is 1.00. The smallest absolute Gasteiger partial charge is 0.147 e. The van der Waals surface area contributed by atoms with E-state index in [2.05, 4.69) is 0 Å². The van der Waals surface area contributed by atoms with Gasteiger partial charge < -0.3 is 5.11 Å². The van der Waals surface area contributed by atoms with Gasteiger partial charge in [-0.25, -0.2) is 8.42 Å². The summed E-state index contributed by atoms with van der Waals surface area (Å²) in [5.74, 6) is 0.470. The molecule has 1 N–H and O–H groups in total. The van der Waals surface area contributed by atoms with Gasteiger partial charge in [-0.3, -0.25) is 0 Å². The lowest BCUT2D eigenvalue weighted by Gasteiger charge is -2.17. The molecule has 13 heavy (non-hydrogen) atoms. The van der Waals surface area contributed by atoms with Crippen molar-refractivity contribution in [3.05, 3.63) is 0 Å². The second kappa shape index (κ2) is 5.60. The van der Waals surface area contributed by atoms with Gasteiger partial charge in [0.25, 0.3) is 0 Å². The maximum Gasteiger partial charge on any atom is 0.147 e. The summed E-state index contributed by atoms with van der Waals surface area (Å²) in [5, 5.41) is 9.29. The molecule has 0 saturated heterocycles. The van der Waals surface area contributed by atoms with E-state index in [1.165, 1.54) is 6.26 Å². The maximum absolute atomic E-state index is 10.8. The molecule has 0 aromatic rings. The van der Waals surface area contributed by atoms with Crippen molar-refractivity contribution in [2.24, 2.45) is 5.92 Å². The minimum atomic E-state index is -2.84. The summed E-state index contributed by atoms with van der Waals surface area (Å²) in [5.41, 5.74) is 0. The van der Waals surface area contributed by atoms with Gasteiger partial charge >= 0.3 is 0 Å². The molecule has 0 radical (unpaired) electrons. The van der Waals surface area contributed by atoms with E-state index in [1.807, 2.05) is 6.92 Å². The van der Waals surface area contributed by atoms with Crippen molar-refractivity contribution in [2.45, 2.75) is 39.2 Å². The SMILES string of the molecule is CCC(CCCS(C)(=O)=O)C(C)O. The van der Waals surface area contributed by atoms with Gasteiger partial charge in [0.05, 0.1) is 6.10 Å². The first-order chi connectivity index (χ1) is 5.87. The number of aliphatic hydroxyl groups excluding tert-OH is 1. The highest BCUT2D eigenvalue weighted by Gasteiger charge is 2.13. The second-order valence-electron chi connectivity index (χ2n) is 3.68. The molecule has 0 heterocycles. The normalized spacial score (nSPS) is 16.9. The molecule has 0 aliphatic carbocycles. The van der Waals surface area contributed by atoms with E-state index < -0.39 is 9.84 Å². The van der Waals surface area contributed by atoms with E-state index in [4.69, 9.17) is 0 Å². The van der Waals surface area contributed by atoms with E-state index in [1.54, 1.807) is 6.92 Å². The van der Waals surface area contributed by atoms with Crippen LogP contribution in [0.1, 0.15) is 33.1 Å². The lowest BCUT2D eigenvalue weighted by atomic mass is 9.96. The summed E-state index contributed by atoms with van der Waals surface area (Å²) < 4.78 is 21.6. The van der Waals surface area contributed by atoms with Crippen LogP contribution in [0.2, 0.25) is 0 Å². The molecule has 0 rings (SSSR count). The minimum absolute atomic E-state index is 0.232. The molecule has 0 fully saturated rings. The zero-order valence-electron chi connectivity index (χ0n) is 8.66. The van der Waals surface area contributed by atoms with Gasteiger partial charge in [0.1, 0.15) is 9.84 Å². The summed E-state index contributed by atoms with van der Waals surface area (Å²) in [7, 11) is -2.84. The number of hydrogen-bond donors (Lipinski definition) is 1. The van der Waals surface area contributed by atoms with Crippen LogP contribution in [0.4, 0.5) is 0 Å². The molecule has 2 unspecified atom stereocenters. The van der Waals surface area contributed by atoms with Crippen LogP contribution in [-0.2, 0) is 9.84 Å². The molecule has 0 aromatic heterocycles. The van der Waals surface area contributed by atoms with Gasteiger partial charge in [-0.1, -0.05) is 13.3 Å². The second-order valence-corrected chi connectivity index (χ2v) is 5.94. The van der Waals surface area contributed by atoms with Gasteiger partial charge in [-0.15, -0.1) is 0 Å². The molecule has 2 atom stereocenters. The van der Waals surface area contributed by atoms with Gasteiger partial charge in [-0.05, 0) is 25.7 Å². The maximum atomic E-state index is 10.8. The highest BCUT2D eigenvalue weighted by molar-refractivity contribution is 7.90. The summed E-state index contributed by atoms with van der Waals surface area (Å²) in [6.07, 6.45) is 3.27. The van der Waals surface area contributed by atoms with Gasteiger partial charge in [-0.2, -0.15) is 0 Å². The quantitative estimate of drug-likeness (QED) is 0.714. The highest BCUT2D eigenvalue weighted by atomic mass is 32.2. The Labute approximate surface area is 81.1 Å². The average Bonchev–Trinajstić information content (AvgIpc) is 1.95. The molecule has 0 aromatic carbocycles. The molecule has 0 spiro atoms. The Morgan fingerprint density at radius 1 is 1.38 bits per heavy atom. The highest BCUT2D eigenvalue weighted by Crippen LogP contribution is 2.15. The molecular weight excluding hydrogens is 188 g/mol. The number of hydrogen-bond acceptors (Lipinski definition) is 3. The first-order valence-electron chi connectivity index (χ1n) is 4.72. The predicted molar refractivity (Wildman–Crippen MR) is 54.4 cm³/mol. The van der Waals surface area contributed by atoms with Crippen molar-refractivity contribution in [1.82, 2.24) is 0 Å². The lowest BCUT2D eigenvalue weighted by molar-refractivity contribution is 0.117. The fourth-order valence-corrected chi connectivity index (χ4v) is 2.09. The van der Waals surface area contributed by atoms with Crippen LogP contribution in [0.25, 0.3) is 0 Å². The van der Waals surface area contributed by atoms with Crippen LogP contribution in [-0.4, -0.2) is 31.6 Å². The number of aliphatic hydroxyl groups is 1. The molecular formula is C9H20O3S. The summed E-state index contributed by atoms with van der Waals surface area (Å²) in [6, 6.07) is 0. The Balaban J connectivity index is 3.74. The first kappa shape index (κ1) is 12.9. The number of rotatable bonds is 6. The van der Waals surface area contributed by atoms with Crippen molar-refractivity contribution in [3.8, 4) is 0 Å². The Kier molecular flexibility index (Phi) is 5.56. The molecule has 0 bridgehead atoms. The van der Waals surface area contributed by atoms with Crippen LogP contribution >= 0.6 is 0 Å². The van der Waals surface area contributed by atoms with Crippen molar-refractivity contribution in [2.75, 3.05) is 12.0 Å². The molecule has 0 amide bonds. The largest absolute Gasteiger partial charge is 0.393 e. The Morgan fingerprint density at radius 3 is 2.23 bits per heavy atom. The van der Waals surface area contributed by atoms with Crippen molar-refractivity contribution in [1.29, 1.82) is 0 Å². The Morgan fingerprint density at radius 2 is 1.92 bits per heavy atom. The van der Waals surface area contributed by atoms with Crippen LogP contribution in [0, 0.1) is 5.92 Å². The zero-order chi connectivity index (χ0) is 10.5.